The fourth-order valence-electron chi connectivity index (χ4n) is 4.20. The summed E-state index contributed by atoms with van der Waals surface area (Å²) in [5, 5.41) is 11.2. The first-order chi connectivity index (χ1) is 15.6. The Morgan fingerprint density at radius 3 is 2.61 bits per heavy atom. The predicted molar refractivity (Wildman–Crippen MR) is 131 cm³/mol. The van der Waals surface area contributed by atoms with Crippen molar-refractivity contribution in [3.8, 4) is 0 Å². The highest BCUT2D eigenvalue weighted by atomic mass is 35.5. The molecule has 33 heavy (non-hydrogen) atoms. The van der Waals surface area contributed by atoms with Crippen molar-refractivity contribution in [2.75, 3.05) is 12.5 Å². The van der Waals surface area contributed by atoms with Crippen LogP contribution in [0.3, 0.4) is 0 Å². The van der Waals surface area contributed by atoms with Crippen LogP contribution in [0.15, 0.2) is 60.2 Å². The van der Waals surface area contributed by atoms with Gasteiger partial charge in [0.1, 0.15) is 11.5 Å². The van der Waals surface area contributed by atoms with E-state index in [4.69, 9.17) is 16.3 Å². The van der Waals surface area contributed by atoms with E-state index >= 15 is 0 Å². The van der Waals surface area contributed by atoms with Crippen LogP contribution in [-0.2, 0) is 20.7 Å². The van der Waals surface area contributed by atoms with Crippen molar-refractivity contribution in [3.63, 3.8) is 0 Å². The summed E-state index contributed by atoms with van der Waals surface area (Å²) in [5.74, 6) is -0.943. The van der Waals surface area contributed by atoms with E-state index in [0.717, 1.165) is 22.2 Å². The Bertz CT molecular complexity index is 1120. The molecular formula is C26H31ClN2O4. The number of carbonyl (C=O) groups excluding carboxylic acids is 2. The number of allylic oxidation sites excluding steroid dienone is 1. The van der Waals surface area contributed by atoms with Crippen molar-refractivity contribution in [3.05, 3.63) is 71.5 Å². The van der Waals surface area contributed by atoms with Crippen molar-refractivity contribution in [1.29, 1.82) is 0 Å². The van der Waals surface area contributed by atoms with Crippen molar-refractivity contribution in [2.45, 2.75) is 51.8 Å². The summed E-state index contributed by atoms with van der Waals surface area (Å²) >= 11 is 5.94. The third-order valence-corrected chi connectivity index (χ3v) is 5.85. The van der Waals surface area contributed by atoms with E-state index < -0.39 is 23.7 Å². The number of nitrogens with zero attached hydrogens (tertiary/aromatic N) is 1. The van der Waals surface area contributed by atoms with Crippen molar-refractivity contribution < 1.29 is 19.4 Å². The number of esters is 1. The number of nitrogens with one attached hydrogen (secondary N) is 1. The molecule has 0 aliphatic carbocycles. The molecule has 0 unspecified atom stereocenters. The number of para-hydroxylation sites is 1. The molecule has 0 bridgehead atoms. The number of aliphatic hydroxyl groups excluding tert-OH is 1. The van der Waals surface area contributed by atoms with Gasteiger partial charge >= 0.3 is 5.97 Å². The minimum absolute atomic E-state index is 0.201. The minimum atomic E-state index is -0.614. The lowest BCUT2D eigenvalue weighted by Crippen LogP contribution is -2.50. The van der Waals surface area contributed by atoms with Crippen LogP contribution in [0.25, 0.3) is 10.9 Å². The molecule has 176 valence electrons. The van der Waals surface area contributed by atoms with Gasteiger partial charge in [-0.3, -0.25) is 4.79 Å². The summed E-state index contributed by atoms with van der Waals surface area (Å²) in [6.07, 6.45) is 5.54. The lowest BCUT2D eigenvalue weighted by molar-refractivity contribution is -0.149. The maximum atomic E-state index is 12.9. The summed E-state index contributed by atoms with van der Waals surface area (Å²) in [6, 6.07) is 6.91. The van der Waals surface area contributed by atoms with E-state index in [9.17, 15) is 14.7 Å². The Kier molecular flexibility index (Phi) is 7.50. The van der Waals surface area contributed by atoms with Gasteiger partial charge in [0.25, 0.3) is 0 Å². The number of carbonyl (C=O) groups is 2. The van der Waals surface area contributed by atoms with E-state index in [0.29, 0.717) is 17.6 Å². The highest BCUT2D eigenvalue weighted by molar-refractivity contribution is 6.27. The van der Waals surface area contributed by atoms with Gasteiger partial charge in [-0.15, -0.1) is 11.6 Å². The number of fused-ring (bicyclic) bond motifs is 3. The van der Waals surface area contributed by atoms with Crippen LogP contribution in [0.2, 0.25) is 0 Å². The van der Waals surface area contributed by atoms with Gasteiger partial charge in [0.05, 0.1) is 24.3 Å². The number of rotatable bonds is 6. The third kappa shape index (κ3) is 5.23. The first-order valence-corrected chi connectivity index (χ1v) is 11.5. The van der Waals surface area contributed by atoms with Gasteiger partial charge < -0.3 is 19.7 Å². The predicted octanol–water partition coefficient (Wildman–Crippen LogP) is 4.59. The fraction of sp³-hybridized carbons (Fsp3) is 0.385. The molecule has 0 fully saturated rings. The summed E-state index contributed by atoms with van der Waals surface area (Å²) in [7, 11) is 0. The van der Waals surface area contributed by atoms with Crippen LogP contribution in [0, 0.1) is 0 Å². The normalized spacial score (nSPS) is 19.1. The van der Waals surface area contributed by atoms with Gasteiger partial charge in [0.15, 0.2) is 0 Å². The third-order valence-electron chi connectivity index (χ3n) is 5.62. The first kappa shape index (κ1) is 24.8. The second-order valence-electron chi connectivity index (χ2n) is 9.09. The number of aromatic nitrogens is 1. The molecule has 6 nitrogen and oxygen atoms in total. The Labute approximate surface area is 199 Å². The Balaban J connectivity index is 2.03. The number of benzene rings is 1. The Morgan fingerprint density at radius 2 is 2.00 bits per heavy atom. The number of amides is 1. The second-order valence-corrected chi connectivity index (χ2v) is 9.36. The minimum Gasteiger partial charge on any atom is -0.456 e. The van der Waals surface area contributed by atoms with E-state index in [1.165, 1.54) is 0 Å². The monoisotopic (exact) mass is 470 g/mol. The van der Waals surface area contributed by atoms with Crippen molar-refractivity contribution >= 4 is 34.4 Å². The first-order valence-electron chi connectivity index (χ1n) is 10.9. The van der Waals surface area contributed by atoms with Crippen molar-refractivity contribution in [2.24, 2.45) is 0 Å². The van der Waals surface area contributed by atoms with Gasteiger partial charge in [0.2, 0.25) is 5.91 Å². The molecule has 2 N–H and O–H groups in total. The maximum Gasteiger partial charge on any atom is 0.338 e. The summed E-state index contributed by atoms with van der Waals surface area (Å²) < 4.78 is 5.47. The van der Waals surface area contributed by atoms with E-state index in [2.05, 4.69) is 11.6 Å². The van der Waals surface area contributed by atoms with Crippen molar-refractivity contribution in [1.82, 2.24) is 9.88 Å². The molecule has 0 spiro atoms. The van der Waals surface area contributed by atoms with E-state index in [-0.39, 0.29) is 18.4 Å². The Hall–Kier alpha value is -2.83. The lowest BCUT2D eigenvalue weighted by Gasteiger charge is -2.41. The quantitative estimate of drug-likeness (QED) is 0.280. The van der Waals surface area contributed by atoms with Gasteiger partial charge in [-0.05, 0) is 57.4 Å². The average molecular weight is 471 g/mol. The molecule has 1 aromatic heterocycles. The number of aliphatic hydroxyl groups is 1. The van der Waals surface area contributed by atoms with Crippen LogP contribution < -0.4 is 0 Å². The average Bonchev–Trinajstić information content (AvgIpc) is 3.14. The number of alkyl halides is 1. The number of H-pyrrole nitrogens is 1. The van der Waals surface area contributed by atoms with Crippen LogP contribution in [0.5, 0.6) is 0 Å². The number of halogens is 1. The largest absolute Gasteiger partial charge is 0.456 e. The molecule has 2 atom stereocenters. The molecular weight excluding hydrogens is 440 g/mol. The number of hydrogen-bond acceptors (Lipinski definition) is 4. The van der Waals surface area contributed by atoms with Gasteiger partial charge in [0, 0.05) is 16.6 Å². The molecule has 0 radical (unpaired) electrons. The summed E-state index contributed by atoms with van der Waals surface area (Å²) in [5.41, 5.74) is 3.19. The van der Waals surface area contributed by atoms with E-state index in [1.54, 1.807) is 30.1 Å². The topological polar surface area (TPSA) is 82.6 Å². The molecule has 1 aliphatic heterocycles. The number of aromatic amines is 1. The number of hydrogen-bond donors (Lipinski definition) is 2. The van der Waals surface area contributed by atoms with Crippen LogP contribution >= 0.6 is 11.6 Å². The molecule has 7 heteroatoms. The SMILES string of the molecule is C=C(/C=C\C(=C/C)C(=O)OC(C)(C)C)[C@H]1c2[nH]c3ccccc3c2C[C@H](CO)N1C(=O)CCl. The van der Waals surface area contributed by atoms with Gasteiger partial charge in [-0.1, -0.05) is 36.9 Å². The molecule has 1 amide bonds. The van der Waals surface area contributed by atoms with Gasteiger partial charge in [-0.2, -0.15) is 0 Å². The molecule has 0 saturated carbocycles. The molecule has 2 aromatic rings. The molecule has 3 rings (SSSR count). The van der Waals surface area contributed by atoms with Gasteiger partial charge in [-0.25, -0.2) is 4.79 Å². The maximum absolute atomic E-state index is 12.9. The highest BCUT2D eigenvalue weighted by Gasteiger charge is 2.39. The lowest BCUT2D eigenvalue weighted by atomic mass is 9.88. The molecule has 0 saturated heterocycles. The Morgan fingerprint density at radius 1 is 1.30 bits per heavy atom. The fourth-order valence-corrected chi connectivity index (χ4v) is 4.34. The van der Waals surface area contributed by atoms with E-state index in [1.807, 2.05) is 45.0 Å². The molecule has 1 aromatic carbocycles. The summed E-state index contributed by atoms with van der Waals surface area (Å²) in [6.45, 7) is 11.2. The molecule has 2 heterocycles. The summed E-state index contributed by atoms with van der Waals surface area (Å²) in [4.78, 5) is 30.4. The zero-order valence-corrected chi connectivity index (χ0v) is 20.3. The smallest absolute Gasteiger partial charge is 0.338 e. The highest BCUT2D eigenvalue weighted by Crippen LogP contribution is 2.41. The van der Waals surface area contributed by atoms with Crippen LogP contribution in [-0.4, -0.2) is 51.0 Å². The van der Waals surface area contributed by atoms with Crippen LogP contribution in [0.1, 0.15) is 45.0 Å². The molecule has 1 aliphatic rings. The standard InChI is InChI=1S/C26H31ClN2O4/c1-6-17(25(32)33-26(3,4)5)12-11-16(2)24-23-20(19-9-7-8-10-21(19)28-23)13-18(15-30)29(24)22(31)14-27/h6-12,18,24,28,30H,2,13-15H2,1,3-5H3/b12-11-,17-6+/t18-,24+/m1/s1. The van der Waals surface area contributed by atoms with Crippen LogP contribution in [0.4, 0.5) is 0 Å². The second kappa shape index (κ2) is 9.98. The zero-order chi connectivity index (χ0) is 24.3. The zero-order valence-electron chi connectivity index (χ0n) is 19.5. The number of ether oxygens (including phenoxy) is 1.